The number of imidazole rings is 1. The van der Waals surface area contributed by atoms with Gasteiger partial charge < -0.3 is 57.5 Å². The lowest BCUT2D eigenvalue weighted by molar-refractivity contribution is -0.145. The standard InChI is InChI=1S/C33H37FN13O14P.CH4/c1-12(61-62(57,58)59-10-17-22(49)23(50)29(60-17)47-11-39-20-24(35)43-32(34)45-26(20)47)19(31(55)56)42-18(48)7-6-16(30(53)54)41-27(51)13-2-4-14(5-3-13)37-8-15-9-38-25-21(40-15)28(52)46-33(36)44-25;/h2-5,9,11-12,16-17,19,22-23,29,37,49-50H,6-8,10H2,1H3,(H,41,51)(H,42,48)(H,53,54)(H,55,56)(H,57,58)(H2,35,43,45)(H3,36,38,44,46,52);1H4/t12?,16?,17-,19?,22+,23?,29-;/m1./s1. The van der Waals surface area contributed by atoms with Crippen molar-refractivity contribution in [3.8, 4) is 0 Å². The lowest BCUT2D eigenvalue weighted by Crippen LogP contribution is -2.49. The summed E-state index contributed by atoms with van der Waals surface area (Å²) in [6, 6.07) is 2.21. The number of carbonyl (C=O) groups is 4. The normalized spacial score (nSPS) is 19.6. The molecule has 1 saturated heterocycles. The number of fused-ring (bicyclic) bond motifs is 2. The summed E-state index contributed by atoms with van der Waals surface area (Å²) in [5.74, 6) is -5.49. The van der Waals surface area contributed by atoms with E-state index in [1.165, 1.54) is 30.5 Å². The molecule has 6 rings (SSSR count). The van der Waals surface area contributed by atoms with Gasteiger partial charge in [0.1, 0.15) is 24.4 Å². The number of ether oxygens (including phenoxy) is 1. The number of rotatable bonds is 18. The molecule has 5 heterocycles. The Morgan fingerprint density at radius 2 is 1.73 bits per heavy atom. The van der Waals surface area contributed by atoms with E-state index in [4.69, 9.17) is 25.3 Å². The maximum atomic E-state index is 13.8. The zero-order valence-electron chi connectivity index (χ0n) is 31.9. The molecule has 8 atom stereocenters. The minimum atomic E-state index is -5.18. The molecule has 29 heteroatoms. The van der Waals surface area contributed by atoms with Crippen molar-refractivity contribution in [3.63, 3.8) is 0 Å². The van der Waals surface area contributed by atoms with Gasteiger partial charge in [0.15, 0.2) is 40.4 Å². The number of halogens is 1. The Hall–Kier alpha value is -6.81. The molecule has 5 aromatic rings. The average Bonchev–Trinajstić information content (AvgIpc) is 3.75. The fourth-order valence-electron chi connectivity index (χ4n) is 6.05. The molecule has 0 radical (unpaired) electrons. The smallest absolute Gasteiger partial charge is 0.472 e. The van der Waals surface area contributed by atoms with Crippen LogP contribution in [0.25, 0.3) is 22.3 Å². The Kier molecular flexibility index (Phi) is 14.6. The molecular weight excluding hydrogens is 864 g/mol. The van der Waals surface area contributed by atoms with Crippen molar-refractivity contribution in [2.45, 2.75) is 76.5 Å². The summed E-state index contributed by atoms with van der Waals surface area (Å²) in [7, 11) is -5.18. The molecular formula is C34H41FN13O14P. The second-order valence-corrected chi connectivity index (χ2v) is 14.9. The number of carbonyl (C=O) groups excluding carboxylic acids is 2. The van der Waals surface area contributed by atoms with Crippen LogP contribution in [-0.2, 0) is 39.3 Å². The molecule has 0 aliphatic carbocycles. The first-order valence-corrected chi connectivity index (χ1v) is 19.5. The average molecular weight is 906 g/mol. The largest absolute Gasteiger partial charge is 0.480 e. The molecule has 1 aromatic carbocycles. The summed E-state index contributed by atoms with van der Waals surface area (Å²) < 4.78 is 43.1. The van der Waals surface area contributed by atoms with E-state index in [2.05, 4.69) is 50.8 Å². The summed E-state index contributed by atoms with van der Waals surface area (Å²) in [4.78, 5) is 97.5. The summed E-state index contributed by atoms with van der Waals surface area (Å²) in [6.07, 6.45) is -8.04. The number of nitrogens with zero attached hydrogens (tertiary/aromatic N) is 7. The molecule has 27 nitrogen and oxygen atoms in total. The summed E-state index contributed by atoms with van der Waals surface area (Å²) in [5.41, 5.74) is 11.4. The zero-order valence-corrected chi connectivity index (χ0v) is 32.7. The predicted octanol–water partition coefficient (Wildman–Crippen LogP) is -1.22. The molecule has 5 unspecified atom stereocenters. The van der Waals surface area contributed by atoms with E-state index in [1.54, 1.807) is 0 Å². The molecule has 63 heavy (non-hydrogen) atoms. The van der Waals surface area contributed by atoms with Gasteiger partial charge in [0.2, 0.25) is 11.9 Å². The van der Waals surface area contributed by atoms with Gasteiger partial charge in [0.25, 0.3) is 11.5 Å². The van der Waals surface area contributed by atoms with E-state index in [1.807, 2.05) is 0 Å². The number of benzene rings is 1. The predicted molar refractivity (Wildman–Crippen MR) is 212 cm³/mol. The number of nitrogens with one attached hydrogen (secondary N) is 4. The van der Waals surface area contributed by atoms with Crippen LogP contribution in [0, 0.1) is 6.08 Å². The third-order valence-electron chi connectivity index (χ3n) is 9.16. The van der Waals surface area contributed by atoms with E-state index < -0.39 is 105 Å². The summed E-state index contributed by atoms with van der Waals surface area (Å²) in [5, 5.41) is 48.0. The number of carboxylic acids is 2. The van der Waals surface area contributed by atoms with Crippen molar-refractivity contribution in [3.05, 3.63) is 64.5 Å². The van der Waals surface area contributed by atoms with Gasteiger partial charge in [-0.1, -0.05) is 7.43 Å². The van der Waals surface area contributed by atoms with Crippen LogP contribution in [-0.4, -0.2) is 132 Å². The number of hydrogen-bond donors (Lipinski definition) is 11. The molecule has 2 amide bonds. The fourth-order valence-corrected chi connectivity index (χ4v) is 6.99. The second kappa shape index (κ2) is 19.5. The van der Waals surface area contributed by atoms with Crippen LogP contribution in [0.15, 0.2) is 41.6 Å². The van der Waals surface area contributed by atoms with Gasteiger partial charge in [-0.05, 0) is 37.6 Å². The number of aromatic nitrogens is 8. The maximum absolute atomic E-state index is 13.8. The fraction of sp³-hybridized carbons (Fsp3) is 0.382. The Balaban J connectivity index is 0.00000748. The monoisotopic (exact) mass is 905 g/mol. The number of aliphatic hydroxyl groups excluding tert-OH is 2. The van der Waals surface area contributed by atoms with Crippen molar-refractivity contribution in [1.29, 1.82) is 0 Å². The first-order chi connectivity index (χ1) is 29.3. The van der Waals surface area contributed by atoms with Crippen LogP contribution >= 0.6 is 7.82 Å². The number of nitrogen functional groups attached to an aromatic ring is 2. The lowest BCUT2D eigenvalue weighted by atomic mass is 10.1. The van der Waals surface area contributed by atoms with E-state index in [0.717, 1.165) is 17.8 Å². The van der Waals surface area contributed by atoms with Crippen LogP contribution in [0.2, 0.25) is 0 Å². The summed E-state index contributed by atoms with van der Waals surface area (Å²) >= 11 is 0. The van der Waals surface area contributed by atoms with Crippen LogP contribution in [0.5, 0.6) is 0 Å². The van der Waals surface area contributed by atoms with E-state index in [9.17, 15) is 58.2 Å². The number of aliphatic hydroxyl groups is 2. The number of nitrogens with two attached hydrogens (primary N) is 2. The Morgan fingerprint density at radius 1 is 1.02 bits per heavy atom. The number of phosphoric acid groups is 1. The Bertz CT molecular complexity index is 2620. The van der Waals surface area contributed by atoms with Gasteiger partial charge in [-0.15, -0.1) is 0 Å². The van der Waals surface area contributed by atoms with Gasteiger partial charge in [0, 0.05) is 17.7 Å². The van der Waals surface area contributed by atoms with Gasteiger partial charge in [-0.3, -0.25) is 33.0 Å². The molecule has 0 bridgehead atoms. The number of carboxylic acid groups (broad SMARTS) is 2. The number of H-pyrrole nitrogens is 1. The van der Waals surface area contributed by atoms with Gasteiger partial charge >= 0.3 is 25.8 Å². The van der Waals surface area contributed by atoms with Crippen molar-refractivity contribution in [2.24, 2.45) is 0 Å². The Morgan fingerprint density at radius 3 is 2.41 bits per heavy atom. The van der Waals surface area contributed by atoms with Crippen molar-refractivity contribution in [2.75, 3.05) is 23.4 Å². The molecule has 338 valence electrons. The van der Waals surface area contributed by atoms with Crippen LogP contribution < -0.4 is 33.0 Å². The molecule has 4 aromatic heterocycles. The number of aromatic amines is 1. The van der Waals surface area contributed by atoms with Gasteiger partial charge in [-0.25, -0.2) is 29.1 Å². The number of aliphatic carboxylic acids is 2. The molecule has 1 fully saturated rings. The van der Waals surface area contributed by atoms with Crippen LogP contribution in [0.3, 0.4) is 0 Å². The van der Waals surface area contributed by atoms with E-state index in [-0.39, 0.29) is 53.6 Å². The van der Waals surface area contributed by atoms with E-state index in [0.29, 0.717) is 11.4 Å². The number of phosphoric ester groups is 1. The second-order valence-electron chi connectivity index (χ2n) is 13.5. The Labute approximate surface area is 352 Å². The highest BCUT2D eigenvalue weighted by molar-refractivity contribution is 7.47. The lowest BCUT2D eigenvalue weighted by Gasteiger charge is -2.24. The first-order valence-electron chi connectivity index (χ1n) is 18.0. The minimum Gasteiger partial charge on any atom is -0.480 e. The summed E-state index contributed by atoms with van der Waals surface area (Å²) in [6.45, 7) is 0.237. The molecule has 0 saturated carbocycles. The SMILES string of the molecule is C.CC(OP(=O)(O)OC[C@H]1O[C@@H](n2cnc3c(N)nc(F)nc32)C(O)[C@H]1O)C(NC(=O)CCC(NC(=O)c1ccc(NCc2cnc3nc(N)[nH]c(=O)c3n2)cc1)C(=O)O)C(=O)O. The quantitative estimate of drug-likeness (QED) is 0.0362. The zero-order chi connectivity index (χ0) is 45.0. The van der Waals surface area contributed by atoms with Crippen molar-refractivity contribution in [1.82, 2.24) is 50.1 Å². The third kappa shape index (κ3) is 11.2. The van der Waals surface area contributed by atoms with Crippen molar-refractivity contribution >= 4 is 71.4 Å². The minimum absolute atomic E-state index is 0. The molecule has 1 aliphatic rings. The molecule has 0 spiro atoms. The molecule has 1 aliphatic heterocycles. The molecule has 13 N–H and O–H groups in total. The number of anilines is 3. The van der Waals surface area contributed by atoms with E-state index >= 15 is 0 Å². The van der Waals surface area contributed by atoms with Crippen molar-refractivity contribution < 1.29 is 67.2 Å². The van der Waals surface area contributed by atoms with Gasteiger partial charge in [0.05, 0.1) is 37.5 Å². The number of hydrogen-bond acceptors (Lipinski definition) is 20. The van der Waals surface area contributed by atoms with Crippen LogP contribution in [0.4, 0.5) is 21.8 Å². The highest BCUT2D eigenvalue weighted by Crippen LogP contribution is 2.46. The topological polar surface area (TPSA) is 417 Å². The van der Waals surface area contributed by atoms with Crippen LogP contribution in [0.1, 0.15) is 49.5 Å². The first kappa shape index (κ1) is 47.2. The van der Waals surface area contributed by atoms with Gasteiger partial charge in [-0.2, -0.15) is 19.3 Å². The third-order valence-corrected chi connectivity index (χ3v) is 10.2. The highest BCUT2D eigenvalue weighted by Gasteiger charge is 2.46. The highest BCUT2D eigenvalue weighted by atomic mass is 31.2. The number of amides is 2. The maximum Gasteiger partial charge on any atom is 0.472 e.